The van der Waals surface area contributed by atoms with Gasteiger partial charge in [-0.2, -0.15) is 0 Å². The van der Waals surface area contributed by atoms with Gasteiger partial charge < -0.3 is 10.2 Å². The van der Waals surface area contributed by atoms with Gasteiger partial charge in [-0.1, -0.05) is 24.3 Å². The van der Waals surface area contributed by atoms with Gasteiger partial charge in [-0.15, -0.1) is 0 Å². The Morgan fingerprint density at radius 2 is 0.795 bits per heavy atom. The molecule has 2 amide bonds. The van der Waals surface area contributed by atoms with E-state index in [1.54, 1.807) is 60.7 Å². The van der Waals surface area contributed by atoms with Crippen molar-refractivity contribution in [2.75, 3.05) is 9.80 Å². The molecule has 0 radical (unpaired) electrons. The Morgan fingerprint density at radius 3 is 1.16 bits per heavy atom. The number of carboxylic acid groups (broad SMARTS) is 2. The van der Waals surface area contributed by atoms with Crippen LogP contribution in [-0.2, 0) is 0 Å². The van der Waals surface area contributed by atoms with Crippen LogP contribution in [0.15, 0.2) is 119 Å². The normalized spacial score (nSPS) is 12.5. The van der Waals surface area contributed by atoms with Crippen LogP contribution in [0.4, 0.5) is 34.1 Å². The lowest BCUT2D eigenvalue weighted by Crippen LogP contribution is -2.37. The number of rotatable bonds is 4. The van der Waals surface area contributed by atoms with Crippen molar-refractivity contribution in [1.82, 2.24) is 0 Å². The fraction of sp³-hybridized carbons (Fsp3) is 0. The van der Waals surface area contributed by atoms with Gasteiger partial charge in [0.1, 0.15) is 0 Å². The van der Waals surface area contributed by atoms with E-state index in [-0.39, 0.29) is 22.3 Å². The third-order valence-corrected chi connectivity index (χ3v) is 7.44. The van der Waals surface area contributed by atoms with E-state index in [4.69, 9.17) is 9.98 Å². The van der Waals surface area contributed by atoms with Gasteiger partial charge in [-0.3, -0.25) is 19.4 Å². The minimum Gasteiger partial charge on any atom is -0.478 e. The first-order valence-electron chi connectivity index (χ1n) is 13.5. The lowest BCUT2D eigenvalue weighted by Gasteiger charge is -2.31. The number of anilines is 4. The molecule has 0 aromatic heterocycles. The number of carbonyl (C=O) groups is 4. The first kappa shape index (κ1) is 26.5. The summed E-state index contributed by atoms with van der Waals surface area (Å²) in [5, 5.41) is 19.5. The molecule has 10 nitrogen and oxygen atoms in total. The minimum absolute atomic E-state index is 0.0601. The van der Waals surface area contributed by atoms with Crippen molar-refractivity contribution >= 4 is 57.9 Å². The number of hydrogen-bond acceptors (Lipinski definition) is 6. The average molecular weight is 581 g/mol. The average Bonchev–Trinajstić information content (AvgIpc) is 3.04. The predicted molar refractivity (Wildman–Crippen MR) is 161 cm³/mol. The topological polar surface area (TPSA) is 140 Å². The van der Waals surface area contributed by atoms with E-state index in [0.29, 0.717) is 44.8 Å². The van der Waals surface area contributed by atoms with Crippen molar-refractivity contribution in [1.29, 1.82) is 0 Å². The zero-order valence-electron chi connectivity index (χ0n) is 22.7. The van der Waals surface area contributed by atoms with Gasteiger partial charge in [0.05, 0.1) is 56.0 Å². The Balaban J connectivity index is 1.41. The maximum Gasteiger partial charge on any atom is 0.335 e. The number of para-hydroxylation sites is 4. The van der Waals surface area contributed by atoms with Crippen LogP contribution >= 0.6 is 0 Å². The third-order valence-electron chi connectivity index (χ3n) is 7.44. The third kappa shape index (κ3) is 4.29. The predicted octanol–water partition coefficient (Wildman–Crippen LogP) is 5.57. The molecule has 2 aliphatic rings. The van der Waals surface area contributed by atoms with E-state index >= 15 is 0 Å². The Bertz CT molecular complexity index is 2020. The SMILES string of the molecule is O=C(O)c1ccc(C(=O)N2c3ccccc3N=c3cc4c(cc32)=Nc2ccccc2N4C(=O)c2ccc(C(=O)O)cc2)cc1. The molecule has 10 heteroatoms. The Kier molecular flexibility index (Phi) is 6.10. The van der Waals surface area contributed by atoms with Crippen LogP contribution in [0.3, 0.4) is 0 Å². The van der Waals surface area contributed by atoms with Crippen LogP contribution in [0.1, 0.15) is 41.4 Å². The summed E-state index contributed by atoms with van der Waals surface area (Å²) in [4.78, 5) is 63.4. The van der Waals surface area contributed by atoms with Gasteiger partial charge in [0.15, 0.2) is 0 Å². The number of carboxylic acids is 2. The Hall–Kier alpha value is -6.42. The summed E-state index contributed by atoms with van der Waals surface area (Å²) in [6, 6.07) is 29.1. The molecule has 0 fully saturated rings. The minimum atomic E-state index is -1.10. The number of nitrogens with zero attached hydrogens (tertiary/aromatic N) is 4. The second kappa shape index (κ2) is 10.1. The molecule has 5 aromatic carbocycles. The Morgan fingerprint density at radius 1 is 0.455 bits per heavy atom. The Labute approximate surface area is 249 Å². The molecule has 0 unspecified atom stereocenters. The van der Waals surface area contributed by atoms with E-state index in [2.05, 4.69) is 0 Å². The first-order valence-corrected chi connectivity index (χ1v) is 13.5. The summed E-state index contributed by atoms with van der Waals surface area (Å²) in [5.41, 5.74) is 3.70. The lowest BCUT2D eigenvalue weighted by molar-refractivity contribution is 0.0686. The van der Waals surface area contributed by atoms with Crippen LogP contribution in [0.5, 0.6) is 0 Å². The summed E-state index contributed by atoms with van der Waals surface area (Å²) < 4.78 is 0. The highest BCUT2D eigenvalue weighted by molar-refractivity contribution is 6.15. The number of carbonyl (C=O) groups excluding carboxylic acids is 2. The fourth-order valence-electron chi connectivity index (χ4n) is 5.31. The number of aromatic carboxylic acids is 2. The smallest absolute Gasteiger partial charge is 0.335 e. The van der Waals surface area contributed by atoms with Gasteiger partial charge in [0.25, 0.3) is 11.8 Å². The van der Waals surface area contributed by atoms with Gasteiger partial charge in [0, 0.05) is 11.1 Å². The summed E-state index contributed by atoms with van der Waals surface area (Å²) in [6.07, 6.45) is 0. The molecule has 0 spiro atoms. The standard InChI is InChI=1S/C34H20N4O6/c39-31(19-9-13-21(14-10-19)33(41)42)37-27-7-3-1-5-23(27)35-25-17-30-26(18-29(25)37)36-24-6-2-4-8-28(24)38(30)32(40)20-11-15-22(16-12-20)34(43)44/h1-18H,(H,41,42)(H,43,44). The largest absolute Gasteiger partial charge is 0.478 e. The highest BCUT2D eigenvalue weighted by Crippen LogP contribution is 2.40. The van der Waals surface area contributed by atoms with Crippen molar-refractivity contribution in [3.05, 3.63) is 142 Å². The molecule has 0 bridgehead atoms. The van der Waals surface area contributed by atoms with E-state index in [9.17, 15) is 29.4 Å². The lowest BCUT2D eigenvalue weighted by atomic mass is 10.0. The molecule has 0 saturated heterocycles. The monoisotopic (exact) mass is 580 g/mol. The molecule has 7 rings (SSSR count). The van der Waals surface area contributed by atoms with E-state index < -0.39 is 23.8 Å². The number of hydrogen-bond donors (Lipinski definition) is 2. The highest BCUT2D eigenvalue weighted by atomic mass is 16.4. The summed E-state index contributed by atoms with van der Waals surface area (Å²) in [6.45, 7) is 0. The molecule has 0 saturated carbocycles. The second-order valence-corrected chi connectivity index (χ2v) is 10.1. The van der Waals surface area contributed by atoms with Gasteiger partial charge in [-0.05, 0) is 84.9 Å². The zero-order chi connectivity index (χ0) is 30.5. The number of benzene rings is 5. The molecule has 2 aliphatic heterocycles. The molecular weight excluding hydrogens is 560 g/mol. The first-order chi connectivity index (χ1) is 21.3. The molecular formula is C34H20N4O6. The van der Waals surface area contributed by atoms with Crippen LogP contribution < -0.4 is 20.5 Å². The summed E-state index contributed by atoms with van der Waals surface area (Å²) >= 11 is 0. The van der Waals surface area contributed by atoms with Crippen LogP contribution in [-0.4, -0.2) is 34.0 Å². The second-order valence-electron chi connectivity index (χ2n) is 10.1. The molecule has 212 valence electrons. The van der Waals surface area contributed by atoms with Crippen molar-refractivity contribution < 1.29 is 29.4 Å². The molecule has 0 atom stereocenters. The van der Waals surface area contributed by atoms with Crippen LogP contribution in [0.25, 0.3) is 0 Å². The zero-order valence-corrected chi connectivity index (χ0v) is 22.7. The maximum atomic E-state index is 14.0. The van der Waals surface area contributed by atoms with Gasteiger partial charge in [0.2, 0.25) is 0 Å². The van der Waals surface area contributed by atoms with Crippen LogP contribution in [0.2, 0.25) is 0 Å². The van der Waals surface area contributed by atoms with Gasteiger partial charge >= 0.3 is 11.9 Å². The van der Waals surface area contributed by atoms with E-state index in [1.807, 2.05) is 0 Å². The van der Waals surface area contributed by atoms with Crippen LogP contribution in [0, 0.1) is 0 Å². The van der Waals surface area contributed by atoms with Gasteiger partial charge in [-0.25, -0.2) is 19.6 Å². The molecule has 5 aromatic rings. The highest BCUT2D eigenvalue weighted by Gasteiger charge is 2.31. The molecule has 2 N–H and O–H groups in total. The van der Waals surface area contributed by atoms with Crippen molar-refractivity contribution in [2.24, 2.45) is 9.98 Å². The summed E-state index contributed by atoms with van der Waals surface area (Å²) in [5.74, 6) is -2.98. The summed E-state index contributed by atoms with van der Waals surface area (Å²) in [7, 11) is 0. The van der Waals surface area contributed by atoms with Crippen molar-refractivity contribution in [3.8, 4) is 0 Å². The fourth-order valence-corrected chi connectivity index (χ4v) is 5.31. The molecule has 2 heterocycles. The van der Waals surface area contributed by atoms with E-state index in [1.165, 1.54) is 58.3 Å². The van der Waals surface area contributed by atoms with Crippen molar-refractivity contribution in [3.63, 3.8) is 0 Å². The van der Waals surface area contributed by atoms with Crippen molar-refractivity contribution in [2.45, 2.75) is 0 Å². The quantitative estimate of drug-likeness (QED) is 0.285. The molecule has 44 heavy (non-hydrogen) atoms. The number of fused-ring (bicyclic) bond motifs is 4. The number of amides is 2. The van der Waals surface area contributed by atoms with E-state index in [0.717, 1.165) is 0 Å². The molecule has 0 aliphatic carbocycles. The maximum absolute atomic E-state index is 14.0.